The van der Waals surface area contributed by atoms with E-state index < -0.39 is 0 Å². The summed E-state index contributed by atoms with van der Waals surface area (Å²) in [4.78, 5) is 0. The molecule has 0 spiro atoms. The fourth-order valence-corrected chi connectivity index (χ4v) is 1.97. The highest BCUT2D eigenvalue weighted by Gasteiger charge is 2.16. The fourth-order valence-electron chi connectivity index (χ4n) is 1.97. The molecule has 5 heteroatoms. The highest BCUT2D eigenvalue weighted by atomic mass is 35.5. The zero-order chi connectivity index (χ0) is 9.10. The molecule has 1 aromatic heterocycles. The van der Waals surface area contributed by atoms with Gasteiger partial charge in [-0.1, -0.05) is 19.3 Å². The van der Waals surface area contributed by atoms with Crippen LogP contribution in [0.1, 0.15) is 43.7 Å². The highest BCUT2D eigenvalue weighted by Crippen LogP contribution is 2.30. The van der Waals surface area contributed by atoms with E-state index in [2.05, 4.69) is 10.2 Å². The first kappa shape index (κ1) is 14.5. The number of aromatic nitrogens is 2. The summed E-state index contributed by atoms with van der Waals surface area (Å²) >= 11 is 0. The second-order valence-corrected chi connectivity index (χ2v) is 3.72. The molecule has 0 unspecified atom stereocenters. The molecule has 0 atom stereocenters. The Morgan fingerprint density at radius 2 is 1.67 bits per heavy atom. The Hall–Kier alpha value is -0.540. The van der Waals surface area contributed by atoms with E-state index in [0.29, 0.717) is 11.7 Å². The van der Waals surface area contributed by atoms with E-state index in [1.165, 1.54) is 32.1 Å². The average Bonchev–Trinajstić information content (AvgIpc) is 2.20. The molecule has 1 fully saturated rings. The Labute approximate surface area is 103 Å². The zero-order valence-electron chi connectivity index (χ0n) is 8.56. The van der Waals surface area contributed by atoms with Crippen LogP contribution in [0, 0.1) is 0 Å². The normalized spacial score (nSPS) is 16.3. The molecule has 1 aromatic rings. The molecule has 2 N–H and O–H groups in total. The smallest absolute Gasteiger partial charge is 0.146 e. The number of halogens is 2. The second kappa shape index (κ2) is 6.85. The van der Waals surface area contributed by atoms with Gasteiger partial charge in [0.25, 0.3) is 0 Å². The van der Waals surface area contributed by atoms with Crippen LogP contribution in [0.25, 0.3) is 0 Å². The van der Waals surface area contributed by atoms with Crippen LogP contribution in [0.3, 0.4) is 0 Å². The summed E-state index contributed by atoms with van der Waals surface area (Å²) in [6.07, 6.45) is 6.56. The van der Waals surface area contributed by atoms with Gasteiger partial charge in [-0.3, -0.25) is 0 Å². The van der Waals surface area contributed by atoms with E-state index in [0.717, 1.165) is 5.69 Å². The summed E-state index contributed by atoms with van der Waals surface area (Å²) < 4.78 is 0. The Morgan fingerprint density at radius 1 is 1.00 bits per heavy atom. The van der Waals surface area contributed by atoms with E-state index in [4.69, 9.17) is 5.73 Å². The monoisotopic (exact) mass is 249 g/mol. The van der Waals surface area contributed by atoms with Crippen LogP contribution in [-0.2, 0) is 0 Å². The Bertz CT molecular complexity index is 271. The van der Waals surface area contributed by atoms with Crippen LogP contribution in [-0.4, -0.2) is 10.2 Å². The summed E-state index contributed by atoms with van der Waals surface area (Å²) in [5.41, 5.74) is 6.60. The summed E-state index contributed by atoms with van der Waals surface area (Å²) in [6.45, 7) is 0. The molecule has 0 aliphatic heterocycles. The van der Waals surface area contributed by atoms with Crippen LogP contribution in [0.2, 0.25) is 0 Å². The zero-order valence-corrected chi connectivity index (χ0v) is 10.2. The Kier molecular flexibility index (Phi) is 6.61. The summed E-state index contributed by atoms with van der Waals surface area (Å²) in [5.74, 6) is 1.14. The van der Waals surface area contributed by atoms with E-state index in [1.54, 1.807) is 0 Å². The van der Waals surface area contributed by atoms with Crippen LogP contribution in [0.15, 0.2) is 12.1 Å². The third-order valence-electron chi connectivity index (χ3n) is 2.73. The van der Waals surface area contributed by atoms with Gasteiger partial charge in [-0.2, -0.15) is 5.10 Å². The summed E-state index contributed by atoms with van der Waals surface area (Å²) in [6, 6.07) is 3.86. The van der Waals surface area contributed by atoms with Gasteiger partial charge in [0.05, 0.1) is 5.69 Å². The van der Waals surface area contributed by atoms with Gasteiger partial charge in [0.15, 0.2) is 0 Å². The Balaban J connectivity index is 0.000000980. The van der Waals surface area contributed by atoms with Crippen LogP contribution >= 0.6 is 24.8 Å². The number of anilines is 1. The van der Waals surface area contributed by atoms with Crippen LogP contribution in [0.5, 0.6) is 0 Å². The molecular formula is C10H17Cl2N3. The van der Waals surface area contributed by atoms with E-state index in [-0.39, 0.29) is 24.8 Å². The minimum absolute atomic E-state index is 0. The van der Waals surface area contributed by atoms with Crippen molar-refractivity contribution in [3.63, 3.8) is 0 Å². The maximum absolute atomic E-state index is 5.48. The molecule has 15 heavy (non-hydrogen) atoms. The largest absolute Gasteiger partial charge is 0.382 e. The van der Waals surface area contributed by atoms with Gasteiger partial charge in [0.2, 0.25) is 0 Å². The van der Waals surface area contributed by atoms with Crippen molar-refractivity contribution in [1.29, 1.82) is 0 Å². The minimum Gasteiger partial charge on any atom is -0.382 e. The van der Waals surface area contributed by atoms with Crippen molar-refractivity contribution < 1.29 is 0 Å². The molecule has 0 bridgehead atoms. The lowest BCUT2D eigenvalue weighted by Gasteiger charge is -2.20. The molecule has 1 heterocycles. The molecule has 1 aliphatic carbocycles. The second-order valence-electron chi connectivity index (χ2n) is 3.72. The summed E-state index contributed by atoms with van der Waals surface area (Å²) in [7, 11) is 0. The lowest BCUT2D eigenvalue weighted by atomic mass is 9.87. The fraction of sp³-hybridized carbons (Fsp3) is 0.600. The van der Waals surface area contributed by atoms with Gasteiger partial charge in [-0.05, 0) is 25.0 Å². The van der Waals surface area contributed by atoms with Gasteiger partial charge >= 0.3 is 0 Å². The van der Waals surface area contributed by atoms with Crippen molar-refractivity contribution in [3.8, 4) is 0 Å². The molecule has 2 rings (SSSR count). The number of nitrogens with two attached hydrogens (primary N) is 1. The maximum Gasteiger partial charge on any atom is 0.146 e. The molecule has 1 saturated carbocycles. The topological polar surface area (TPSA) is 51.8 Å². The minimum atomic E-state index is 0. The molecule has 1 aliphatic rings. The maximum atomic E-state index is 5.48. The third-order valence-corrected chi connectivity index (χ3v) is 2.73. The van der Waals surface area contributed by atoms with Crippen molar-refractivity contribution in [2.24, 2.45) is 0 Å². The Morgan fingerprint density at radius 3 is 2.20 bits per heavy atom. The molecule has 0 saturated heterocycles. The van der Waals surface area contributed by atoms with Crippen molar-refractivity contribution in [2.45, 2.75) is 38.0 Å². The first-order chi connectivity index (χ1) is 6.36. The molecule has 0 amide bonds. The highest BCUT2D eigenvalue weighted by molar-refractivity contribution is 5.85. The molecule has 0 aromatic carbocycles. The van der Waals surface area contributed by atoms with Crippen molar-refractivity contribution >= 4 is 30.6 Å². The standard InChI is InChI=1S/C10H15N3.2ClH/c11-10-7-6-9(12-13-10)8-4-2-1-3-5-8;;/h6-8H,1-5H2,(H2,11,13);2*1H. The number of nitrogen functional groups attached to an aromatic ring is 1. The number of nitrogens with zero attached hydrogens (tertiary/aromatic N) is 2. The van der Waals surface area contributed by atoms with Gasteiger partial charge in [-0.25, -0.2) is 0 Å². The van der Waals surface area contributed by atoms with Gasteiger partial charge in [-0.15, -0.1) is 29.9 Å². The number of rotatable bonds is 1. The van der Waals surface area contributed by atoms with Crippen molar-refractivity contribution in [1.82, 2.24) is 10.2 Å². The molecule has 0 radical (unpaired) electrons. The first-order valence-electron chi connectivity index (χ1n) is 4.95. The molecule has 86 valence electrons. The van der Waals surface area contributed by atoms with Crippen LogP contribution < -0.4 is 5.73 Å². The third kappa shape index (κ3) is 3.84. The average molecular weight is 250 g/mol. The van der Waals surface area contributed by atoms with Gasteiger partial charge < -0.3 is 5.73 Å². The first-order valence-corrected chi connectivity index (χ1v) is 4.95. The molecular weight excluding hydrogens is 233 g/mol. The van der Waals surface area contributed by atoms with Crippen molar-refractivity contribution in [2.75, 3.05) is 5.73 Å². The lowest BCUT2D eigenvalue weighted by molar-refractivity contribution is 0.434. The lowest BCUT2D eigenvalue weighted by Crippen LogP contribution is -2.07. The van der Waals surface area contributed by atoms with E-state index in [9.17, 15) is 0 Å². The van der Waals surface area contributed by atoms with E-state index >= 15 is 0 Å². The predicted molar refractivity (Wildman–Crippen MR) is 66.8 cm³/mol. The van der Waals surface area contributed by atoms with Crippen LogP contribution in [0.4, 0.5) is 5.82 Å². The van der Waals surface area contributed by atoms with Gasteiger partial charge in [0.1, 0.15) is 5.82 Å². The van der Waals surface area contributed by atoms with E-state index in [1.807, 2.05) is 12.1 Å². The number of hydrogen-bond acceptors (Lipinski definition) is 3. The predicted octanol–water partition coefficient (Wildman–Crippen LogP) is 2.95. The quantitative estimate of drug-likeness (QED) is 0.833. The van der Waals surface area contributed by atoms with Crippen molar-refractivity contribution in [3.05, 3.63) is 17.8 Å². The SMILES string of the molecule is Cl.Cl.Nc1ccc(C2CCCCC2)nn1. The number of hydrogen-bond donors (Lipinski definition) is 1. The summed E-state index contributed by atoms with van der Waals surface area (Å²) in [5, 5.41) is 8.01. The molecule has 3 nitrogen and oxygen atoms in total. The van der Waals surface area contributed by atoms with Gasteiger partial charge in [0, 0.05) is 5.92 Å².